The molecule has 0 amide bonds. The van der Waals surface area contributed by atoms with Gasteiger partial charge >= 0.3 is 0 Å². The van der Waals surface area contributed by atoms with Crippen molar-refractivity contribution in [2.75, 3.05) is 19.5 Å². The number of ether oxygens (including phenoxy) is 2. The topological polar surface area (TPSA) is 30.5 Å². The number of hydrogen-bond donors (Lipinski definition) is 1. The first-order chi connectivity index (χ1) is 9.22. The van der Waals surface area contributed by atoms with E-state index in [1.807, 2.05) is 18.2 Å². The van der Waals surface area contributed by atoms with Crippen molar-refractivity contribution in [2.24, 2.45) is 0 Å². The van der Waals surface area contributed by atoms with Gasteiger partial charge in [-0.05, 0) is 24.6 Å². The fourth-order valence-corrected chi connectivity index (χ4v) is 1.86. The summed E-state index contributed by atoms with van der Waals surface area (Å²) in [6.07, 6.45) is 0. The Bertz CT molecular complexity index is 535. The Morgan fingerprint density at radius 1 is 0.895 bits per heavy atom. The minimum absolute atomic E-state index is 0.733. The number of aryl methyl sites for hydroxylation is 1. The zero-order valence-corrected chi connectivity index (χ0v) is 11.6. The van der Waals surface area contributed by atoms with Crippen LogP contribution >= 0.6 is 0 Å². The van der Waals surface area contributed by atoms with Crippen molar-refractivity contribution in [3.05, 3.63) is 53.6 Å². The van der Waals surface area contributed by atoms with Crippen LogP contribution in [0.25, 0.3) is 0 Å². The Morgan fingerprint density at radius 3 is 2.21 bits per heavy atom. The van der Waals surface area contributed by atoms with Crippen molar-refractivity contribution in [3.63, 3.8) is 0 Å². The molecule has 3 heteroatoms. The van der Waals surface area contributed by atoms with Gasteiger partial charge < -0.3 is 14.8 Å². The molecule has 0 aliphatic heterocycles. The SMILES string of the molecule is COc1ccc(NCc2ccc(C)cc2)cc1OC. The van der Waals surface area contributed by atoms with Crippen LogP contribution in [0, 0.1) is 6.92 Å². The molecule has 0 saturated heterocycles. The summed E-state index contributed by atoms with van der Waals surface area (Å²) in [7, 11) is 3.28. The van der Waals surface area contributed by atoms with Crippen molar-refractivity contribution in [1.82, 2.24) is 0 Å². The Balaban J connectivity index is 2.05. The van der Waals surface area contributed by atoms with Gasteiger partial charge in [0.25, 0.3) is 0 Å². The van der Waals surface area contributed by atoms with E-state index in [1.54, 1.807) is 14.2 Å². The lowest BCUT2D eigenvalue weighted by Gasteiger charge is -2.11. The van der Waals surface area contributed by atoms with E-state index < -0.39 is 0 Å². The highest BCUT2D eigenvalue weighted by atomic mass is 16.5. The second-order valence-electron chi connectivity index (χ2n) is 4.41. The van der Waals surface area contributed by atoms with Crippen molar-refractivity contribution in [3.8, 4) is 11.5 Å². The highest BCUT2D eigenvalue weighted by molar-refractivity contribution is 5.54. The van der Waals surface area contributed by atoms with Crippen LogP contribution in [0.2, 0.25) is 0 Å². The van der Waals surface area contributed by atoms with E-state index in [4.69, 9.17) is 9.47 Å². The van der Waals surface area contributed by atoms with Crippen LogP contribution in [-0.2, 0) is 6.54 Å². The molecule has 0 saturated carbocycles. The highest BCUT2D eigenvalue weighted by Crippen LogP contribution is 2.29. The Morgan fingerprint density at radius 2 is 1.58 bits per heavy atom. The normalized spacial score (nSPS) is 10.1. The molecule has 100 valence electrons. The summed E-state index contributed by atoms with van der Waals surface area (Å²) < 4.78 is 10.5. The van der Waals surface area contributed by atoms with Crippen LogP contribution in [0.4, 0.5) is 5.69 Å². The minimum Gasteiger partial charge on any atom is -0.493 e. The van der Waals surface area contributed by atoms with Gasteiger partial charge in [0.2, 0.25) is 0 Å². The molecule has 0 fully saturated rings. The molecule has 0 aliphatic rings. The quantitative estimate of drug-likeness (QED) is 0.887. The van der Waals surface area contributed by atoms with Gasteiger partial charge in [0.1, 0.15) is 0 Å². The maximum absolute atomic E-state index is 5.28. The smallest absolute Gasteiger partial charge is 0.162 e. The lowest BCUT2D eigenvalue weighted by molar-refractivity contribution is 0.355. The van der Waals surface area contributed by atoms with Gasteiger partial charge in [-0.1, -0.05) is 29.8 Å². The molecule has 0 bridgehead atoms. The second-order valence-corrected chi connectivity index (χ2v) is 4.41. The van der Waals surface area contributed by atoms with Crippen LogP contribution in [0.3, 0.4) is 0 Å². The van der Waals surface area contributed by atoms with Crippen molar-refractivity contribution in [2.45, 2.75) is 13.5 Å². The van der Waals surface area contributed by atoms with Gasteiger partial charge in [-0.3, -0.25) is 0 Å². The van der Waals surface area contributed by atoms with Crippen LogP contribution in [0.15, 0.2) is 42.5 Å². The van der Waals surface area contributed by atoms with E-state index in [9.17, 15) is 0 Å². The zero-order chi connectivity index (χ0) is 13.7. The fraction of sp³-hybridized carbons (Fsp3) is 0.250. The molecule has 0 heterocycles. The van der Waals surface area contributed by atoms with Crippen LogP contribution in [-0.4, -0.2) is 14.2 Å². The van der Waals surface area contributed by atoms with Gasteiger partial charge in [0, 0.05) is 18.3 Å². The third kappa shape index (κ3) is 3.41. The summed E-state index contributed by atoms with van der Waals surface area (Å²) in [6, 6.07) is 14.3. The number of rotatable bonds is 5. The second kappa shape index (κ2) is 6.14. The molecule has 0 aliphatic carbocycles. The molecule has 0 unspecified atom stereocenters. The standard InChI is InChI=1S/C16H19NO2/c1-12-4-6-13(7-5-12)11-17-14-8-9-15(18-2)16(10-14)19-3/h4-10,17H,11H2,1-3H3. The molecule has 0 radical (unpaired) electrons. The number of benzene rings is 2. The molecular formula is C16H19NO2. The summed E-state index contributed by atoms with van der Waals surface area (Å²) in [4.78, 5) is 0. The van der Waals surface area contributed by atoms with Gasteiger partial charge in [-0.15, -0.1) is 0 Å². The largest absolute Gasteiger partial charge is 0.493 e. The highest BCUT2D eigenvalue weighted by Gasteiger charge is 2.04. The predicted molar refractivity (Wildman–Crippen MR) is 78.1 cm³/mol. The third-order valence-corrected chi connectivity index (χ3v) is 3.00. The van der Waals surface area contributed by atoms with Crippen LogP contribution in [0.5, 0.6) is 11.5 Å². The number of anilines is 1. The molecular weight excluding hydrogens is 238 g/mol. The summed E-state index contributed by atoms with van der Waals surface area (Å²) in [5.74, 6) is 1.47. The summed E-state index contributed by atoms with van der Waals surface area (Å²) >= 11 is 0. The summed E-state index contributed by atoms with van der Waals surface area (Å²) in [6.45, 7) is 2.88. The number of hydrogen-bond acceptors (Lipinski definition) is 3. The third-order valence-electron chi connectivity index (χ3n) is 3.00. The molecule has 0 atom stereocenters. The van der Waals surface area contributed by atoms with Crippen LogP contribution in [0.1, 0.15) is 11.1 Å². The Labute approximate surface area is 114 Å². The fourth-order valence-electron chi connectivity index (χ4n) is 1.86. The molecule has 0 aromatic heterocycles. The van der Waals surface area contributed by atoms with Gasteiger partial charge in [0.15, 0.2) is 11.5 Å². The lowest BCUT2D eigenvalue weighted by atomic mass is 10.1. The lowest BCUT2D eigenvalue weighted by Crippen LogP contribution is -2.00. The molecule has 0 spiro atoms. The zero-order valence-electron chi connectivity index (χ0n) is 11.6. The first-order valence-corrected chi connectivity index (χ1v) is 6.24. The summed E-state index contributed by atoms with van der Waals surface area (Å²) in [5, 5.41) is 3.37. The average molecular weight is 257 g/mol. The predicted octanol–water partition coefficient (Wildman–Crippen LogP) is 3.62. The summed E-state index contributed by atoms with van der Waals surface area (Å²) in [5.41, 5.74) is 3.54. The van der Waals surface area contributed by atoms with Crippen molar-refractivity contribution < 1.29 is 9.47 Å². The van der Waals surface area contributed by atoms with Gasteiger partial charge in [-0.2, -0.15) is 0 Å². The molecule has 1 N–H and O–H groups in total. The maximum atomic E-state index is 5.28. The van der Waals surface area contributed by atoms with E-state index in [0.29, 0.717) is 0 Å². The van der Waals surface area contributed by atoms with Crippen molar-refractivity contribution in [1.29, 1.82) is 0 Å². The molecule has 3 nitrogen and oxygen atoms in total. The number of nitrogens with one attached hydrogen (secondary N) is 1. The number of methoxy groups -OCH3 is 2. The Hall–Kier alpha value is -2.16. The van der Waals surface area contributed by atoms with E-state index in [2.05, 4.69) is 36.5 Å². The Kier molecular flexibility index (Phi) is 4.29. The van der Waals surface area contributed by atoms with E-state index in [0.717, 1.165) is 23.7 Å². The minimum atomic E-state index is 0.733. The van der Waals surface area contributed by atoms with Crippen LogP contribution < -0.4 is 14.8 Å². The average Bonchev–Trinajstić information content (AvgIpc) is 2.46. The first kappa shape index (κ1) is 13.3. The van der Waals surface area contributed by atoms with Gasteiger partial charge in [0.05, 0.1) is 14.2 Å². The molecule has 2 rings (SSSR count). The van der Waals surface area contributed by atoms with E-state index in [1.165, 1.54) is 11.1 Å². The molecule has 2 aromatic carbocycles. The van der Waals surface area contributed by atoms with E-state index >= 15 is 0 Å². The van der Waals surface area contributed by atoms with Gasteiger partial charge in [-0.25, -0.2) is 0 Å². The maximum Gasteiger partial charge on any atom is 0.162 e. The van der Waals surface area contributed by atoms with E-state index in [-0.39, 0.29) is 0 Å². The molecule has 19 heavy (non-hydrogen) atoms. The monoisotopic (exact) mass is 257 g/mol. The van der Waals surface area contributed by atoms with Crippen molar-refractivity contribution >= 4 is 5.69 Å². The first-order valence-electron chi connectivity index (χ1n) is 6.24. The molecule has 2 aromatic rings.